The average molecular weight is 289 g/mol. The highest BCUT2D eigenvalue weighted by Gasteiger charge is 2.31. The van der Waals surface area contributed by atoms with E-state index in [-0.39, 0.29) is 23.7 Å². The standard InChI is InChI=1S/C17H23NO3/c1-12-7-9-13(10-8-12)16(19)18-11-14-5-3-4-6-15(14)17(20)21-2/h7-10,14-15H,3-6,11H2,1-2H3,(H,18,19). The van der Waals surface area contributed by atoms with Crippen molar-refractivity contribution in [2.45, 2.75) is 32.6 Å². The van der Waals surface area contributed by atoms with Crippen molar-refractivity contribution in [1.82, 2.24) is 5.32 Å². The fourth-order valence-electron chi connectivity index (χ4n) is 2.94. The zero-order chi connectivity index (χ0) is 15.2. The van der Waals surface area contributed by atoms with Gasteiger partial charge in [0.1, 0.15) is 0 Å². The van der Waals surface area contributed by atoms with Crippen LogP contribution in [0.25, 0.3) is 0 Å². The first-order valence-electron chi connectivity index (χ1n) is 7.54. The summed E-state index contributed by atoms with van der Waals surface area (Å²) in [5.74, 6) is -0.129. The third-order valence-electron chi connectivity index (χ3n) is 4.25. The number of carbonyl (C=O) groups excluding carboxylic acids is 2. The van der Waals surface area contributed by atoms with Gasteiger partial charge in [-0.25, -0.2) is 0 Å². The summed E-state index contributed by atoms with van der Waals surface area (Å²) >= 11 is 0. The summed E-state index contributed by atoms with van der Waals surface area (Å²) in [7, 11) is 1.43. The van der Waals surface area contributed by atoms with Crippen LogP contribution in [0.15, 0.2) is 24.3 Å². The number of esters is 1. The Kier molecular flexibility index (Phi) is 5.37. The van der Waals surface area contributed by atoms with Crippen LogP contribution in [0.1, 0.15) is 41.6 Å². The first-order valence-corrected chi connectivity index (χ1v) is 7.54. The van der Waals surface area contributed by atoms with Crippen molar-refractivity contribution in [3.63, 3.8) is 0 Å². The highest BCUT2D eigenvalue weighted by molar-refractivity contribution is 5.94. The van der Waals surface area contributed by atoms with Crippen molar-refractivity contribution in [3.05, 3.63) is 35.4 Å². The van der Waals surface area contributed by atoms with E-state index in [4.69, 9.17) is 4.74 Å². The normalized spacial score (nSPS) is 21.6. The zero-order valence-corrected chi connectivity index (χ0v) is 12.7. The topological polar surface area (TPSA) is 55.4 Å². The van der Waals surface area contributed by atoms with Gasteiger partial charge in [0.15, 0.2) is 0 Å². The molecule has 1 aliphatic rings. The Bertz CT molecular complexity index is 495. The van der Waals surface area contributed by atoms with E-state index in [9.17, 15) is 9.59 Å². The second-order valence-corrected chi connectivity index (χ2v) is 5.75. The monoisotopic (exact) mass is 289 g/mol. The summed E-state index contributed by atoms with van der Waals surface area (Å²) in [5, 5.41) is 2.95. The third kappa shape index (κ3) is 4.06. The van der Waals surface area contributed by atoms with E-state index in [2.05, 4.69) is 5.32 Å². The molecular formula is C17H23NO3. The molecule has 1 saturated carbocycles. The number of benzene rings is 1. The lowest BCUT2D eigenvalue weighted by atomic mass is 9.79. The van der Waals surface area contributed by atoms with Crippen molar-refractivity contribution in [1.29, 1.82) is 0 Å². The molecule has 2 unspecified atom stereocenters. The Hall–Kier alpha value is -1.84. The molecule has 114 valence electrons. The molecule has 1 fully saturated rings. The lowest BCUT2D eigenvalue weighted by molar-refractivity contribution is -0.148. The van der Waals surface area contributed by atoms with Crippen LogP contribution in [0.4, 0.5) is 0 Å². The Morgan fingerprint density at radius 2 is 1.86 bits per heavy atom. The minimum absolute atomic E-state index is 0.0795. The molecular weight excluding hydrogens is 266 g/mol. The molecule has 1 aromatic carbocycles. The van der Waals surface area contributed by atoms with E-state index in [1.165, 1.54) is 7.11 Å². The van der Waals surface area contributed by atoms with Gasteiger partial charge < -0.3 is 10.1 Å². The molecule has 0 saturated heterocycles. The van der Waals surface area contributed by atoms with Crippen LogP contribution in [0.3, 0.4) is 0 Å². The summed E-state index contributed by atoms with van der Waals surface area (Å²) in [5.41, 5.74) is 1.79. The number of amides is 1. The molecule has 0 spiro atoms. The first kappa shape index (κ1) is 15.5. The Labute approximate surface area is 125 Å². The van der Waals surface area contributed by atoms with Crippen molar-refractivity contribution in [3.8, 4) is 0 Å². The lowest BCUT2D eigenvalue weighted by Crippen LogP contribution is -2.37. The lowest BCUT2D eigenvalue weighted by Gasteiger charge is -2.29. The number of rotatable bonds is 4. The van der Waals surface area contributed by atoms with E-state index in [0.29, 0.717) is 12.1 Å². The minimum Gasteiger partial charge on any atom is -0.469 e. The van der Waals surface area contributed by atoms with Crippen LogP contribution in [0.2, 0.25) is 0 Å². The van der Waals surface area contributed by atoms with E-state index in [1.807, 2.05) is 31.2 Å². The second kappa shape index (κ2) is 7.25. The quantitative estimate of drug-likeness (QED) is 0.867. The van der Waals surface area contributed by atoms with Gasteiger partial charge in [0.2, 0.25) is 0 Å². The Morgan fingerprint density at radius 3 is 2.52 bits per heavy atom. The fraction of sp³-hybridized carbons (Fsp3) is 0.529. The second-order valence-electron chi connectivity index (χ2n) is 5.75. The number of aryl methyl sites for hydroxylation is 1. The van der Waals surface area contributed by atoms with E-state index >= 15 is 0 Å². The molecule has 2 atom stereocenters. The number of carbonyl (C=O) groups is 2. The van der Waals surface area contributed by atoms with Crippen LogP contribution in [0, 0.1) is 18.8 Å². The molecule has 1 amide bonds. The summed E-state index contributed by atoms with van der Waals surface area (Å²) in [6.45, 7) is 2.52. The first-order chi connectivity index (χ1) is 10.1. The van der Waals surface area contributed by atoms with Gasteiger partial charge in [-0.15, -0.1) is 0 Å². The van der Waals surface area contributed by atoms with Gasteiger partial charge in [0.25, 0.3) is 5.91 Å². The Balaban J connectivity index is 1.92. The van der Waals surface area contributed by atoms with Gasteiger partial charge in [-0.2, -0.15) is 0 Å². The highest BCUT2D eigenvalue weighted by Crippen LogP contribution is 2.30. The predicted molar refractivity (Wildman–Crippen MR) is 81.0 cm³/mol. The van der Waals surface area contributed by atoms with Gasteiger partial charge in [-0.05, 0) is 37.8 Å². The number of ether oxygens (including phenoxy) is 1. The van der Waals surface area contributed by atoms with Gasteiger partial charge in [0.05, 0.1) is 13.0 Å². The molecule has 4 heteroatoms. The number of methoxy groups -OCH3 is 1. The van der Waals surface area contributed by atoms with Gasteiger partial charge in [-0.3, -0.25) is 9.59 Å². The molecule has 0 radical (unpaired) electrons. The predicted octanol–water partition coefficient (Wildman–Crippen LogP) is 2.70. The van der Waals surface area contributed by atoms with Crippen molar-refractivity contribution in [2.24, 2.45) is 11.8 Å². The van der Waals surface area contributed by atoms with Crippen molar-refractivity contribution < 1.29 is 14.3 Å². The van der Waals surface area contributed by atoms with E-state index in [0.717, 1.165) is 31.2 Å². The maximum absolute atomic E-state index is 12.1. The third-order valence-corrected chi connectivity index (χ3v) is 4.25. The van der Waals surface area contributed by atoms with Crippen LogP contribution in [-0.4, -0.2) is 25.5 Å². The smallest absolute Gasteiger partial charge is 0.309 e. The molecule has 1 aliphatic carbocycles. The van der Waals surface area contributed by atoms with E-state index in [1.54, 1.807) is 0 Å². The maximum Gasteiger partial charge on any atom is 0.309 e. The van der Waals surface area contributed by atoms with Crippen LogP contribution in [0.5, 0.6) is 0 Å². The van der Waals surface area contributed by atoms with Crippen molar-refractivity contribution >= 4 is 11.9 Å². The summed E-state index contributed by atoms with van der Waals surface area (Å²) in [4.78, 5) is 23.9. The highest BCUT2D eigenvalue weighted by atomic mass is 16.5. The SMILES string of the molecule is COC(=O)C1CCCCC1CNC(=O)c1ccc(C)cc1. The molecule has 4 nitrogen and oxygen atoms in total. The zero-order valence-electron chi connectivity index (χ0n) is 12.7. The largest absolute Gasteiger partial charge is 0.469 e. The van der Waals surface area contributed by atoms with E-state index < -0.39 is 0 Å². The van der Waals surface area contributed by atoms with Crippen LogP contribution >= 0.6 is 0 Å². The molecule has 0 heterocycles. The molecule has 21 heavy (non-hydrogen) atoms. The van der Waals surface area contributed by atoms with Gasteiger partial charge in [-0.1, -0.05) is 30.5 Å². The molecule has 0 bridgehead atoms. The summed E-state index contributed by atoms with van der Waals surface area (Å²) in [6, 6.07) is 7.49. The molecule has 0 aliphatic heterocycles. The average Bonchev–Trinajstić information content (AvgIpc) is 2.52. The van der Waals surface area contributed by atoms with Crippen LogP contribution < -0.4 is 5.32 Å². The van der Waals surface area contributed by atoms with Crippen molar-refractivity contribution in [2.75, 3.05) is 13.7 Å². The van der Waals surface area contributed by atoms with Gasteiger partial charge >= 0.3 is 5.97 Å². The van der Waals surface area contributed by atoms with Crippen LogP contribution in [-0.2, 0) is 9.53 Å². The Morgan fingerprint density at radius 1 is 1.19 bits per heavy atom. The summed E-state index contributed by atoms with van der Waals surface area (Å²) in [6.07, 6.45) is 3.99. The number of hydrogen-bond acceptors (Lipinski definition) is 3. The minimum atomic E-state index is -0.149. The van der Waals surface area contributed by atoms with Gasteiger partial charge in [0, 0.05) is 12.1 Å². The number of nitrogens with one attached hydrogen (secondary N) is 1. The number of hydrogen-bond donors (Lipinski definition) is 1. The molecule has 0 aromatic heterocycles. The maximum atomic E-state index is 12.1. The fourth-order valence-corrected chi connectivity index (χ4v) is 2.94. The summed E-state index contributed by atoms with van der Waals surface area (Å²) < 4.78 is 4.87. The molecule has 1 N–H and O–H groups in total. The molecule has 2 rings (SSSR count). The molecule has 1 aromatic rings.